The Morgan fingerprint density at radius 2 is 1.93 bits per heavy atom. The molecule has 144 valence electrons. The van der Waals surface area contributed by atoms with Gasteiger partial charge in [-0.1, -0.05) is 35.9 Å². The maximum atomic E-state index is 12.8. The zero-order valence-corrected chi connectivity index (χ0v) is 16.6. The summed E-state index contributed by atoms with van der Waals surface area (Å²) < 4.78 is 7.03. The van der Waals surface area contributed by atoms with Crippen LogP contribution in [0.3, 0.4) is 0 Å². The molecule has 0 saturated carbocycles. The summed E-state index contributed by atoms with van der Waals surface area (Å²) in [7, 11) is 1.65. The third-order valence-electron chi connectivity index (χ3n) is 5.47. The maximum absolute atomic E-state index is 12.8. The largest absolute Gasteiger partial charge is 0.497 e. The topological polar surface area (TPSA) is 56.5 Å². The quantitative estimate of drug-likeness (QED) is 0.484. The van der Waals surface area contributed by atoms with E-state index in [9.17, 15) is 4.79 Å². The Morgan fingerprint density at radius 3 is 2.72 bits per heavy atom. The molecule has 0 N–H and O–H groups in total. The number of carbonyl (C=O) groups is 1. The van der Waals surface area contributed by atoms with Crippen LogP contribution in [0.2, 0.25) is 5.02 Å². The number of methoxy groups -OCH3 is 1. The van der Waals surface area contributed by atoms with Crippen LogP contribution in [-0.2, 0) is 6.42 Å². The number of aromatic nitrogens is 3. The van der Waals surface area contributed by atoms with Gasteiger partial charge in [0.05, 0.1) is 24.6 Å². The first-order valence-corrected chi connectivity index (χ1v) is 9.80. The summed E-state index contributed by atoms with van der Waals surface area (Å²) in [6.07, 6.45) is 4.76. The second kappa shape index (κ2) is 7.01. The molecule has 2 aromatic carbocycles. The Morgan fingerprint density at radius 1 is 1.10 bits per heavy atom. The first kappa shape index (κ1) is 17.9. The van der Waals surface area contributed by atoms with Crippen molar-refractivity contribution in [3.05, 3.63) is 82.8 Å². The van der Waals surface area contributed by atoms with Gasteiger partial charge in [-0.25, -0.2) is 9.50 Å². The van der Waals surface area contributed by atoms with Gasteiger partial charge in [0.15, 0.2) is 11.4 Å². The van der Waals surface area contributed by atoms with Gasteiger partial charge >= 0.3 is 0 Å². The number of ether oxygens (including phenoxy) is 1. The monoisotopic (exact) mass is 403 g/mol. The number of hydrogen-bond acceptors (Lipinski definition) is 4. The summed E-state index contributed by atoms with van der Waals surface area (Å²) in [6, 6.07) is 15.5. The van der Waals surface area contributed by atoms with Gasteiger partial charge in [0.1, 0.15) is 5.75 Å². The number of fused-ring (bicyclic) bond motifs is 2. The van der Waals surface area contributed by atoms with E-state index in [0.717, 1.165) is 33.8 Å². The number of ketones is 1. The Kier molecular flexibility index (Phi) is 4.32. The number of halogens is 1. The minimum atomic E-state index is 0.0963. The van der Waals surface area contributed by atoms with Crippen LogP contribution in [0, 0.1) is 0 Å². The molecule has 1 atom stereocenters. The van der Waals surface area contributed by atoms with Crippen LogP contribution in [0.1, 0.15) is 34.0 Å². The number of nitrogens with zero attached hydrogens (tertiary/aromatic N) is 3. The summed E-state index contributed by atoms with van der Waals surface area (Å²) in [6.45, 7) is 0. The van der Waals surface area contributed by atoms with E-state index in [4.69, 9.17) is 21.3 Å². The molecule has 6 heteroatoms. The Balaban J connectivity index is 1.58. The van der Waals surface area contributed by atoms with Crippen LogP contribution in [0.25, 0.3) is 16.8 Å². The van der Waals surface area contributed by atoms with E-state index in [0.29, 0.717) is 23.4 Å². The molecular formula is C23H18ClN3O2. The predicted molar refractivity (Wildman–Crippen MR) is 112 cm³/mol. The number of benzene rings is 2. The molecular weight excluding hydrogens is 386 g/mol. The van der Waals surface area contributed by atoms with Crippen molar-refractivity contribution in [2.45, 2.75) is 18.8 Å². The van der Waals surface area contributed by atoms with Crippen molar-refractivity contribution < 1.29 is 9.53 Å². The van der Waals surface area contributed by atoms with Crippen molar-refractivity contribution in [2.75, 3.05) is 7.11 Å². The molecule has 0 saturated heterocycles. The molecule has 0 radical (unpaired) electrons. The molecule has 0 fully saturated rings. The highest BCUT2D eigenvalue weighted by atomic mass is 35.5. The van der Waals surface area contributed by atoms with Gasteiger partial charge in [0, 0.05) is 23.2 Å². The van der Waals surface area contributed by atoms with Crippen molar-refractivity contribution in [3.63, 3.8) is 0 Å². The lowest BCUT2D eigenvalue weighted by Crippen LogP contribution is -2.21. The van der Waals surface area contributed by atoms with Crippen molar-refractivity contribution in [1.29, 1.82) is 0 Å². The zero-order valence-electron chi connectivity index (χ0n) is 15.8. The number of Topliss-reactive ketones (excluding diaryl/α,β-unsaturated/α-hetero) is 1. The summed E-state index contributed by atoms with van der Waals surface area (Å²) in [5.41, 5.74) is 5.20. The van der Waals surface area contributed by atoms with Crippen molar-refractivity contribution in [2.24, 2.45) is 0 Å². The molecule has 0 amide bonds. The Hall–Kier alpha value is -3.18. The van der Waals surface area contributed by atoms with Crippen molar-refractivity contribution >= 4 is 23.0 Å². The van der Waals surface area contributed by atoms with E-state index in [1.54, 1.807) is 17.8 Å². The second-order valence-electron chi connectivity index (χ2n) is 7.24. The number of hydrogen-bond donors (Lipinski definition) is 0. The molecule has 1 unspecified atom stereocenters. The molecule has 5 nitrogen and oxygen atoms in total. The molecule has 1 aliphatic rings. The van der Waals surface area contributed by atoms with Crippen molar-refractivity contribution in [1.82, 2.24) is 14.6 Å². The molecule has 0 spiro atoms. The third kappa shape index (κ3) is 3.17. The normalized spacial score (nSPS) is 16.1. The average Bonchev–Trinajstić information content (AvgIpc) is 3.16. The fourth-order valence-corrected chi connectivity index (χ4v) is 4.07. The minimum Gasteiger partial charge on any atom is -0.497 e. The van der Waals surface area contributed by atoms with E-state index in [1.807, 2.05) is 54.7 Å². The predicted octanol–water partition coefficient (Wildman–Crippen LogP) is 4.97. The average molecular weight is 404 g/mol. The van der Waals surface area contributed by atoms with E-state index < -0.39 is 0 Å². The maximum Gasteiger partial charge on any atom is 0.166 e. The van der Waals surface area contributed by atoms with Gasteiger partial charge in [-0.15, -0.1) is 0 Å². The standard InChI is InChI=1S/C23H18ClN3O2/c1-29-18-4-2-3-15(9-18)19-12-25-27-13-20-21(26-23(19)27)10-16(11-22(20)28)14-5-7-17(24)8-6-14/h2-9,12-13,16H,10-11H2,1H3. The van der Waals surface area contributed by atoms with Gasteiger partial charge in [-0.05, 0) is 47.7 Å². The van der Waals surface area contributed by atoms with E-state index >= 15 is 0 Å². The van der Waals surface area contributed by atoms with E-state index in [-0.39, 0.29) is 11.7 Å². The molecule has 2 aromatic heterocycles. The SMILES string of the molecule is COc1cccc(-c2cnn3cc4c(nc23)CC(c2ccc(Cl)cc2)CC4=O)c1. The highest BCUT2D eigenvalue weighted by Crippen LogP contribution is 2.34. The fourth-order valence-electron chi connectivity index (χ4n) is 3.94. The minimum absolute atomic E-state index is 0.0963. The lowest BCUT2D eigenvalue weighted by Gasteiger charge is -2.23. The highest BCUT2D eigenvalue weighted by Gasteiger charge is 2.28. The zero-order chi connectivity index (χ0) is 20.0. The van der Waals surface area contributed by atoms with E-state index in [1.165, 1.54) is 0 Å². The van der Waals surface area contributed by atoms with E-state index in [2.05, 4.69) is 5.10 Å². The summed E-state index contributed by atoms with van der Waals surface area (Å²) in [4.78, 5) is 17.7. The van der Waals surface area contributed by atoms with Crippen LogP contribution in [0.4, 0.5) is 0 Å². The molecule has 1 aliphatic carbocycles. The number of carbonyl (C=O) groups excluding carboxylic acids is 1. The molecule has 29 heavy (non-hydrogen) atoms. The molecule has 0 aliphatic heterocycles. The second-order valence-corrected chi connectivity index (χ2v) is 7.68. The van der Waals surface area contributed by atoms with Crippen LogP contribution < -0.4 is 4.74 Å². The van der Waals surface area contributed by atoms with Crippen LogP contribution in [0.15, 0.2) is 60.9 Å². The first-order chi connectivity index (χ1) is 14.1. The Bertz CT molecular complexity index is 1230. The van der Waals surface area contributed by atoms with Crippen LogP contribution >= 0.6 is 11.6 Å². The fraction of sp³-hybridized carbons (Fsp3) is 0.174. The molecule has 0 bridgehead atoms. The molecule has 4 aromatic rings. The summed E-state index contributed by atoms with van der Waals surface area (Å²) in [5.74, 6) is 0.974. The molecule has 2 heterocycles. The Labute approximate surface area is 172 Å². The summed E-state index contributed by atoms with van der Waals surface area (Å²) in [5, 5.41) is 5.12. The summed E-state index contributed by atoms with van der Waals surface area (Å²) >= 11 is 6.01. The molecule has 5 rings (SSSR count). The van der Waals surface area contributed by atoms with Gasteiger partial charge in [-0.3, -0.25) is 4.79 Å². The lowest BCUT2D eigenvalue weighted by molar-refractivity contribution is 0.0962. The van der Waals surface area contributed by atoms with Gasteiger partial charge < -0.3 is 4.74 Å². The smallest absolute Gasteiger partial charge is 0.166 e. The van der Waals surface area contributed by atoms with Gasteiger partial charge in [-0.2, -0.15) is 5.10 Å². The van der Waals surface area contributed by atoms with Crippen LogP contribution in [0.5, 0.6) is 5.75 Å². The lowest BCUT2D eigenvalue weighted by atomic mass is 9.82. The number of rotatable bonds is 3. The van der Waals surface area contributed by atoms with Crippen LogP contribution in [-0.4, -0.2) is 27.5 Å². The first-order valence-electron chi connectivity index (χ1n) is 9.43. The van der Waals surface area contributed by atoms with Gasteiger partial charge in [0.25, 0.3) is 0 Å². The van der Waals surface area contributed by atoms with Crippen molar-refractivity contribution in [3.8, 4) is 16.9 Å². The van der Waals surface area contributed by atoms with Gasteiger partial charge in [0.2, 0.25) is 0 Å². The third-order valence-corrected chi connectivity index (χ3v) is 5.72. The highest BCUT2D eigenvalue weighted by molar-refractivity contribution is 6.30.